The quantitative estimate of drug-likeness (QED) is 0.928. The van der Waals surface area contributed by atoms with Gasteiger partial charge in [0.25, 0.3) is 0 Å². The zero-order chi connectivity index (χ0) is 16.4. The third kappa shape index (κ3) is 3.39. The molecule has 1 saturated carbocycles. The molecule has 1 aromatic carbocycles. The number of rotatable bonds is 4. The lowest BCUT2D eigenvalue weighted by Gasteiger charge is -2.29. The van der Waals surface area contributed by atoms with Crippen LogP contribution in [0, 0.1) is 11.8 Å². The Labute approximate surface area is 139 Å². The molecule has 122 valence electrons. The molecule has 0 bridgehead atoms. The Morgan fingerprint density at radius 1 is 1.26 bits per heavy atom. The van der Waals surface area contributed by atoms with Gasteiger partial charge in [0.15, 0.2) is 0 Å². The maximum absolute atomic E-state index is 12.7. The van der Waals surface area contributed by atoms with Gasteiger partial charge in [0.1, 0.15) is 0 Å². The second-order valence-electron chi connectivity index (χ2n) is 6.35. The van der Waals surface area contributed by atoms with Crippen LogP contribution in [0.2, 0.25) is 0 Å². The highest BCUT2D eigenvalue weighted by Gasteiger charge is 2.32. The average molecular weight is 331 g/mol. The van der Waals surface area contributed by atoms with E-state index in [0.717, 1.165) is 18.4 Å². The van der Waals surface area contributed by atoms with Gasteiger partial charge in [0, 0.05) is 24.2 Å². The Bertz CT molecular complexity index is 724. The van der Waals surface area contributed by atoms with Crippen molar-refractivity contribution in [1.29, 1.82) is 0 Å². The van der Waals surface area contributed by atoms with Gasteiger partial charge in [-0.25, -0.2) is 0 Å². The molecule has 3 rings (SSSR count). The summed E-state index contributed by atoms with van der Waals surface area (Å²) in [6.45, 7) is 0.580. The highest BCUT2D eigenvalue weighted by Crippen LogP contribution is 2.31. The number of carbonyl (C=O) groups excluding carboxylic acids is 1. The Balaban J connectivity index is 1.69. The van der Waals surface area contributed by atoms with Gasteiger partial charge in [-0.15, -0.1) is 11.3 Å². The lowest BCUT2D eigenvalue weighted by atomic mass is 9.81. The van der Waals surface area contributed by atoms with Gasteiger partial charge in [0.2, 0.25) is 5.91 Å². The van der Waals surface area contributed by atoms with Crippen molar-refractivity contribution >= 4 is 33.3 Å². The van der Waals surface area contributed by atoms with Crippen LogP contribution in [0.5, 0.6) is 0 Å². The van der Waals surface area contributed by atoms with Crippen LogP contribution in [0.4, 0.5) is 0 Å². The Morgan fingerprint density at radius 3 is 2.78 bits per heavy atom. The summed E-state index contributed by atoms with van der Waals surface area (Å²) in [5.41, 5.74) is 1.16. The minimum Gasteiger partial charge on any atom is -0.481 e. The fraction of sp³-hybridized carbons (Fsp3) is 0.444. The molecule has 2 unspecified atom stereocenters. The number of amides is 1. The first-order valence-corrected chi connectivity index (χ1v) is 8.87. The van der Waals surface area contributed by atoms with Crippen molar-refractivity contribution in [3.8, 4) is 0 Å². The van der Waals surface area contributed by atoms with Gasteiger partial charge in [0.05, 0.1) is 5.92 Å². The molecule has 1 fully saturated rings. The van der Waals surface area contributed by atoms with E-state index >= 15 is 0 Å². The number of hydrogen-bond acceptors (Lipinski definition) is 3. The summed E-state index contributed by atoms with van der Waals surface area (Å²) >= 11 is 1.69. The second-order valence-corrected chi connectivity index (χ2v) is 7.26. The smallest absolute Gasteiger partial charge is 0.306 e. The zero-order valence-corrected chi connectivity index (χ0v) is 14.0. The van der Waals surface area contributed by atoms with E-state index in [2.05, 4.69) is 17.5 Å². The van der Waals surface area contributed by atoms with E-state index < -0.39 is 5.97 Å². The van der Waals surface area contributed by atoms with Gasteiger partial charge in [-0.05, 0) is 41.7 Å². The first kappa shape index (κ1) is 16.0. The number of benzene rings is 1. The van der Waals surface area contributed by atoms with E-state index in [0.29, 0.717) is 19.4 Å². The van der Waals surface area contributed by atoms with Crippen molar-refractivity contribution in [1.82, 2.24) is 4.90 Å². The zero-order valence-electron chi connectivity index (χ0n) is 13.2. The van der Waals surface area contributed by atoms with Crippen molar-refractivity contribution in [2.45, 2.75) is 32.2 Å². The largest absolute Gasteiger partial charge is 0.481 e. The molecule has 0 spiro atoms. The number of aliphatic carboxylic acids is 1. The van der Waals surface area contributed by atoms with Crippen molar-refractivity contribution in [3.63, 3.8) is 0 Å². The van der Waals surface area contributed by atoms with E-state index in [9.17, 15) is 14.7 Å². The summed E-state index contributed by atoms with van der Waals surface area (Å²) in [7, 11) is 1.82. The predicted molar refractivity (Wildman–Crippen MR) is 91.4 cm³/mol. The summed E-state index contributed by atoms with van der Waals surface area (Å²) in [4.78, 5) is 25.6. The van der Waals surface area contributed by atoms with Crippen molar-refractivity contribution in [2.24, 2.45) is 11.8 Å². The highest BCUT2D eigenvalue weighted by molar-refractivity contribution is 7.17. The van der Waals surface area contributed by atoms with Crippen molar-refractivity contribution < 1.29 is 14.7 Å². The standard InChI is InChI=1S/C18H21NO3S/c1-19(10-14-11-23-16-8-3-2-7-15(14)16)17(20)12-5-4-6-13(9-12)18(21)22/h2-3,7-8,11-13H,4-6,9-10H2,1H3,(H,21,22). The minimum atomic E-state index is -0.769. The molecule has 2 aromatic rings. The number of thiophene rings is 1. The number of hydrogen-bond donors (Lipinski definition) is 1. The molecule has 2 atom stereocenters. The van der Waals surface area contributed by atoms with Crippen LogP contribution >= 0.6 is 11.3 Å². The van der Waals surface area contributed by atoms with Crippen molar-refractivity contribution in [2.75, 3.05) is 7.05 Å². The molecular formula is C18H21NO3S. The molecular weight excluding hydrogens is 310 g/mol. The van der Waals surface area contributed by atoms with E-state index in [1.807, 2.05) is 19.2 Å². The lowest BCUT2D eigenvalue weighted by Crippen LogP contribution is -2.36. The van der Waals surface area contributed by atoms with E-state index in [4.69, 9.17) is 0 Å². The Morgan fingerprint density at radius 2 is 2.00 bits per heavy atom. The molecule has 4 nitrogen and oxygen atoms in total. The molecule has 1 heterocycles. The van der Waals surface area contributed by atoms with Gasteiger partial charge in [-0.1, -0.05) is 24.6 Å². The SMILES string of the molecule is CN(Cc1csc2ccccc12)C(=O)C1CCCC(C(=O)O)C1. The van der Waals surface area contributed by atoms with Crippen molar-refractivity contribution in [3.05, 3.63) is 35.2 Å². The van der Waals surface area contributed by atoms with Crippen LogP contribution in [0.25, 0.3) is 10.1 Å². The molecule has 1 aliphatic rings. The lowest BCUT2D eigenvalue weighted by molar-refractivity contribution is -0.145. The van der Waals surface area contributed by atoms with E-state index in [-0.39, 0.29) is 17.7 Å². The third-order valence-corrected chi connectivity index (χ3v) is 5.73. The maximum atomic E-state index is 12.7. The average Bonchev–Trinajstić information content (AvgIpc) is 2.97. The first-order chi connectivity index (χ1) is 11.1. The Kier molecular flexibility index (Phi) is 4.66. The predicted octanol–water partition coefficient (Wildman–Crippen LogP) is 3.75. The number of nitrogens with zero attached hydrogens (tertiary/aromatic N) is 1. The van der Waals surface area contributed by atoms with Crippen LogP contribution in [-0.4, -0.2) is 28.9 Å². The van der Waals surface area contributed by atoms with Gasteiger partial charge >= 0.3 is 5.97 Å². The molecule has 5 heteroatoms. The maximum Gasteiger partial charge on any atom is 0.306 e. The number of carboxylic acids is 1. The normalized spacial score (nSPS) is 21.3. The molecule has 1 amide bonds. The van der Waals surface area contributed by atoms with Crippen LogP contribution in [0.3, 0.4) is 0 Å². The topological polar surface area (TPSA) is 57.6 Å². The monoisotopic (exact) mass is 331 g/mol. The van der Waals surface area contributed by atoms with E-state index in [1.165, 1.54) is 10.1 Å². The fourth-order valence-electron chi connectivity index (χ4n) is 3.44. The van der Waals surface area contributed by atoms with Crippen LogP contribution in [0.15, 0.2) is 29.6 Å². The summed E-state index contributed by atoms with van der Waals surface area (Å²) in [5, 5.41) is 12.5. The summed E-state index contributed by atoms with van der Waals surface area (Å²) < 4.78 is 1.23. The molecule has 0 radical (unpaired) electrons. The molecule has 1 N–H and O–H groups in total. The van der Waals surface area contributed by atoms with Crippen LogP contribution in [0.1, 0.15) is 31.2 Å². The summed E-state index contributed by atoms with van der Waals surface area (Å²) in [6, 6.07) is 8.20. The highest BCUT2D eigenvalue weighted by atomic mass is 32.1. The van der Waals surface area contributed by atoms with Gasteiger partial charge in [-0.2, -0.15) is 0 Å². The number of carboxylic acid groups (broad SMARTS) is 1. The Hall–Kier alpha value is -1.88. The molecule has 0 saturated heterocycles. The molecule has 23 heavy (non-hydrogen) atoms. The number of fused-ring (bicyclic) bond motifs is 1. The number of carbonyl (C=O) groups is 2. The van der Waals surface area contributed by atoms with Crippen LogP contribution in [-0.2, 0) is 16.1 Å². The molecule has 0 aliphatic heterocycles. The first-order valence-electron chi connectivity index (χ1n) is 7.99. The molecule has 1 aromatic heterocycles. The summed E-state index contributed by atoms with van der Waals surface area (Å²) in [6.07, 6.45) is 2.79. The second kappa shape index (κ2) is 6.71. The van der Waals surface area contributed by atoms with Gasteiger partial charge in [-0.3, -0.25) is 9.59 Å². The third-order valence-electron chi connectivity index (χ3n) is 4.72. The van der Waals surface area contributed by atoms with Gasteiger partial charge < -0.3 is 10.0 Å². The minimum absolute atomic E-state index is 0.0752. The van der Waals surface area contributed by atoms with Crippen LogP contribution < -0.4 is 0 Å². The molecule has 1 aliphatic carbocycles. The fourth-order valence-corrected chi connectivity index (χ4v) is 4.39. The summed E-state index contributed by atoms with van der Waals surface area (Å²) in [5.74, 6) is -1.21. The van der Waals surface area contributed by atoms with E-state index in [1.54, 1.807) is 16.2 Å².